The molecule has 1 aromatic heterocycles. The summed E-state index contributed by atoms with van der Waals surface area (Å²) in [6.45, 7) is 6.57. The van der Waals surface area contributed by atoms with Crippen molar-refractivity contribution in [3.63, 3.8) is 0 Å². The SMILES string of the molecule is [C-]#[N+]c1cc(C#N)ccn1. The smallest absolute Gasteiger partial charge is 0.270 e. The Hall–Kier alpha value is -1.87. The average Bonchev–Trinajstić information content (AvgIpc) is 2.05. The fraction of sp³-hybridized carbons (Fsp3) is 0. The number of hydrogen-bond donors (Lipinski definition) is 0. The zero-order valence-corrected chi connectivity index (χ0v) is 5.07. The largest absolute Gasteiger partial charge is 0.361 e. The fourth-order valence-electron chi connectivity index (χ4n) is 0.549. The van der Waals surface area contributed by atoms with Crippen LogP contribution in [0.4, 0.5) is 5.82 Å². The van der Waals surface area contributed by atoms with E-state index in [0.29, 0.717) is 5.56 Å². The molecule has 1 rings (SSSR count). The Labute approximate surface area is 58.4 Å². The molecule has 0 radical (unpaired) electrons. The summed E-state index contributed by atoms with van der Waals surface area (Å²) in [4.78, 5) is 6.77. The molecule has 0 atom stereocenters. The zero-order chi connectivity index (χ0) is 7.40. The van der Waals surface area contributed by atoms with E-state index in [1.807, 2.05) is 6.07 Å². The highest BCUT2D eigenvalue weighted by Crippen LogP contribution is 2.07. The van der Waals surface area contributed by atoms with Gasteiger partial charge in [0.2, 0.25) is 0 Å². The molecular formula is C7H3N3. The van der Waals surface area contributed by atoms with Crippen molar-refractivity contribution >= 4 is 5.82 Å². The minimum atomic E-state index is 0.263. The highest BCUT2D eigenvalue weighted by Gasteiger charge is 1.93. The molecule has 1 heterocycles. The number of nitrogens with zero attached hydrogens (tertiary/aromatic N) is 3. The van der Waals surface area contributed by atoms with Gasteiger partial charge in [-0.3, -0.25) is 0 Å². The number of pyridine rings is 1. The quantitative estimate of drug-likeness (QED) is 0.498. The Kier molecular flexibility index (Phi) is 1.63. The zero-order valence-electron chi connectivity index (χ0n) is 5.07. The summed E-state index contributed by atoms with van der Waals surface area (Å²) in [5, 5.41) is 8.38. The van der Waals surface area contributed by atoms with E-state index in [9.17, 15) is 0 Å². The topological polar surface area (TPSA) is 41.0 Å². The minimum Gasteiger partial charge on any atom is -0.361 e. The first-order chi connectivity index (χ1) is 4.86. The van der Waals surface area contributed by atoms with Crippen LogP contribution in [0.2, 0.25) is 0 Å². The summed E-state index contributed by atoms with van der Waals surface area (Å²) in [7, 11) is 0. The van der Waals surface area contributed by atoms with Gasteiger partial charge in [0.15, 0.2) is 0 Å². The predicted molar refractivity (Wildman–Crippen MR) is 35.2 cm³/mol. The molecule has 0 amide bonds. The molecule has 0 saturated heterocycles. The molecule has 0 aliphatic rings. The number of hydrogen-bond acceptors (Lipinski definition) is 2. The van der Waals surface area contributed by atoms with Crippen LogP contribution in [0.1, 0.15) is 5.56 Å². The molecule has 0 spiro atoms. The van der Waals surface area contributed by atoms with E-state index in [-0.39, 0.29) is 5.82 Å². The van der Waals surface area contributed by atoms with Gasteiger partial charge in [-0.25, -0.2) is 0 Å². The summed E-state index contributed by atoms with van der Waals surface area (Å²) in [6.07, 6.45) is 1.45. The third-order valence-electron chi connectivity index (χ3n) is 0.989. The van der Waals surface area contributed by atoms with Gasteiger partial charge in [-0.1, -0.05) is 6.57 Å². The Morgan fingerprint density at radius 1 is 1.70 bits per heavy atom. The van der Waals surface area contributed by atoms with Gasteiger partial charge in [0.25, 0.3) is 5.82 Å². The van der Waals surface area contributed by atoms with Crippen LogP contribution in [-0.2, 0) is 0 Å². The lowest BCUT2D eigenvalue weighted by atomic mass is 10.3. The predicted octanol–water partition coefficient (Wildman–Crippen LogP) is 1.50. The van der Waals surface area contributed by atoms with Gasteiger partial charge in [0.05, 0.1) is 6.07 Å². The molecule has 10 heavy (non-hydrogen) atoms. The first kappa shape index (κ1) is 6.25. The summed E-state index contributed by atoms with van der Waals surface area (Å²) < 4.78 is 0. The van der Waals surface area contributed by atoms with E-state index in [1.54, 1.807) is 6.07 Å². The lowest BCUT2D eigenvalue weighted by Crippen LogP contribution is -1.74. The number of rotatable bonds is 0. The lowest BCUT2D eigenvalue weighted by molar-refractivity contribution is 1.33. The van der Waals surface area contributed by atoms with Crippen molar-refractivity contribution in [2.45, 2.75) is 0 Å². The van der Waals surface area contributed by atoms with Crippen LogP contribution in [0, 0.1) is 17.9 Å². The van der Waals surface area contributed by atoms with Gasteiger partial charge < -0.3 is 4.85 Å². The molecule has 46 valence electrons. The van der Waals surface area contributed by atoms with E-state index in [1.165, 1.54) is 12.3 Å². The van der Waals surface area contributed by atoms with Gasteiger partial charge >= 0.3 is 0 Å². The first-order valence-electron chi connectivity index (χ1n) is 2.60. The van der Waals surface area contributed by atoms with Crippen molar-refractivity contribution in [3.8, 4) is 6.07 Å². The second-order valence-electron chi connectivity index (χ2n) is 1.63. The van der Waals surface area contributed by atoms with Crippen LogP contribution in [0.25, 0.3) is 4.85 Å². The molecule has 0 fully saturated rings. The lowest BCUT2D eigenvalue weighted by Gasteiger charge is -1.85. The third-order valence-corrected chi connectivity index (χ3v) is 0.989. The van der Waals surface area contributed by atoms with Crippen LogP contribution < -0.4 is 0 Å². The maximum atomic E-state index is 8.38. The molecule has 0 saturated carbocycles. The molecule has 0 aliphatic carbocycles. The third kappa shape index (κ3) is 1.10. The van der Waals surface area contributed by atoms with Crippen molar-refractivity contribution in [2.75, 3.05) is 0 Å². The molecular weight excluding hydrogens is 126 g/mol. The van der Waals surface area contributed by atoms with E-state index in [0.717, 1.165) is 0 Å². The van der Waals surface area contributed by atoms with Crippen molar-refractivity contribution < 1.29 is 0 Å². The van der Waals surface area contributed by atoms with E-state index in [4.69, 9.17) is 11.8 Å². The van der Waals surface area contributed by atoms with Crippen LogP contribution >= 0.6 is 0 Å². The van der Waals surface area contributed by atoms with Crippen molar-refractivity contribution in [3.05, 3.63) is 35.3 Å². The molecule has 3 heteroatoms. The molecule has 3 nitrogen and oxygen atoms in total. The number of aromatic nitrogens is 1. The highest BCUT2D eigenvalue weighted by molar-refractivity contribution is 5.42. The molecule has 0 aliphatic heterocycles. The van der Waals surface area contributed by atoms with E-state index >= 15 is 0 Å². The van der Waals surface area contributed by atoms with Crippen LogP contribution in [-0.4, -0.2) is 4.98 Å². The normalized spacial score (nSPS) is 7.80. The summed E-state index contributed by atoms with van der Waals surface area (Å²) in [5.74, 6) is 0.263. The fourth-order valence-corrected chi connectivity index (χ4v) is 0.549. The van der Waals surface area contributed by atoms with Crippen molar-refractivity contribution in [1.29, 1.82) is 5.26 Å². The van der Waals surface area contributed by atoms with Gasteiger partial charge in [-0.2, -0.15) is 5.26 Å². The molecule has 0 bridgehead atoms. The van der Waals surface area contributed by atoms with E-state index < -0.39 is 0 Å². The van der Waals surface area contributed by atoms with Gasteiger partial charge in [0, 0.05) is 5.56 Å². The van der Waals surface area contributed by atoms with Crippen LogP contribution in [0.15, 0.2) is 18.3 Å². The first-order valence-corrected chi connectivity index (χ1v) is 2.60. The highest BCUT2D eigenvalue weighted by atomic mass is 14.8. The van der Waals surface area contributed by atoms with Gasteiger partial charge in [0.1, 0.15) is 6.20 Å². The maximum absolute atomic E-state index is 8.38. The Balaban J connectivity index is 3.17. The summed E-state index contributed by atoms with van der Waals surface area (Å²) in [6, 6.07) is 4.93. The van der Waals surface area contributed by atoms with Crippen LogP contribution in [0.3, 0.4) is 0 Å². The second-order valence-corrected chi connectivity index (χ2v) is 1.63. The standard InChI is InChI=1S/C7H3N3/c1-9-7-4-6(5-8)2-3-10-7/h2-4H. The minimum absolute atomic E-state index is 0.263. The van der Waals surface area contributed by atoms with Gasteiger partial charge in [-0.15, -0.1) is 4.98 Å². The van der Waals surface area contributed by atoms with Gasteiger partial charge in [-0.05, 0) is 12.1 Å². The second kappa shape index (κ2) is 2.61. The summed E-state index contributed by atoms with van der Waals surface area (Å²) >= 11 is 0. The Morgan fingerprint density at radius 3 is 3.10 bits per heavy atom. The number of nitriles is 1. The average molecular weight is 129 g/mol. The molecule has 0 N–H and O–H groups in total. The molecule has 1 aromatic rings. The molecule has 0 unspecified atom stereocenters. The summed E-state index contributed by atoms with van der Waals surface area (Å²) in [5.41, 5.74) is 0.473. The van der Waals surface area contributed by atoms with Crippen molar-refractivity contribution in [1.82, 2.24) is 4.98 Å². The Bertz CT molecular complexity index is 287. The van der Waals surface area contributed by atoms with E-state index in [2.05, 4.69) is 9.83 Å². The maximum Gasteiger partial charge on any atom is 0.270 e. The van der Waals surface area contributed by atoms with Crippen LogP contribution in [0.5, 0.6) is 0 Å². The monoisotopic (exact) mass is 129 g/mol. The molecule has 0 aromatic carbocycles. The Morgan fingerprint density at radius 2 is 2.50 bits per heavy atom. The van der Waals surface area contributed by atoms with Crippen molar-refractivity contribution in [2.24, 2.45) is 0 Å².